The molecule has 2 aromatic rings. The van der Waals surface area contributed by atoms with E-state index in [4.69, 9.17) is 27.9 Å². The summed E-state index contributed by atoms with van der Waals surface area (Å²) in [6.45, 7) is 0.782. The third-order valence-electron chi connectivity index (χ3n) is 3.72. The number of halogens is 2. The first-order valence-electron chi connectivity index (χ1n) is 7.06. The number of fused-ring (bicyclic) bond motifs is 1. The van der Waals surface area contributed by atoms with Gasteiger partial charge in [0.2, 0.25) is 5.91 Å². The van der Waals surface area contributed by atoms with E-state index >= 15 is 0 Å². The molecule has 0 spiro atoms. The molecule has 114 valence electrons. The van der Waals surface area contributed by atoms with Crippen LogP contribution in [-0.4, -0.2) is 12.5 Å². The molecule has 1 amide bonds. The minimum atomic E-state index is -0.180. The topological polar surface area (TPSA) is 38.3 Å². The molecule has 1 aliphatic heterocycles. The molecule has 0 aliphatic carbocycles. The van der Waals surface area contributed by atoms with Crippen LogP contribution in [0.2, 0.25) is 10.0 Å². The SMILES string of the molecule is O=C(NCc1ccc(Cl)cc1Cl)[C@H]1COc2ccccc2C1. The summed E-state index contributed by atoms with van der Waals surface area (Å²) in [5.41, 5.74) is 1.91. The van der Waals surface area contributed by atoms with Crippen LogP contribution in [0.25, 0.3) is 0 Å². The lowest BCUT2D eigenvalue weighted by atomic mass is 9.96. The normalized spacial score (nSPS) is 16.5. The number of hydrogen-bond acceptors (Lipinski definition) is 2. The van der Waals surface area contributed by atoms with Gasteiger partial charge in [-0.2, -0.15) is 0 Å². The van der Waals surface area contributed by atoms with Crippen molar-refractivity contribution in [1.82, 2.24) is 5.32 Å². The van der Waals surface area contributed by atoms with Crippen LogP contribution in [0.1, 0.15) is 11.1 Å². The summed E-state index contributed by atoms with van der Waals surface area (Å²) in [7, 11) is 0. The van der Waals surface area contributed by atoms with Crippen LogP contribution in [0.4, 0.5) is 0 Å². The van der Waals surface area contributed by atoms with Crippen molar-refractivity contribution < 1.29 is 9.53 Å². The van der Waals surface area contributed by atoms with Gasteiger partial charge in [-0.15, -0.1) is 0 Å². The van der Waals surface area contributed by atoms with E-state index in [0.717, 1.165) is 16.9 Å². The Morgan fingerprint density at radius 1 is 1.23 bits per heavy atom. The highest BCUT2D eigenvalue weighted by Gasteiger charge is 2.25. The lowest BCUT2D eigenvalue weighted by molar-refractivity contribution is -0.126. The molecule has 3 nitrogen and oxygen atoms in total. The number of hydrogen-bond donors (Lipinski definition) is 1. The maximum atomic E-state index is 12.3. The van der Waals surface area contributed by atoms with Crippen LogP contribution < -0.4 is 10.1 Å². The summed E-state index contributed by atoms with van der Waals surface area (Å²) in [4.78, 5) is 12.3. The minimum absolute atomic E-state index is 0.0273. The van der Waals surface area contributed by atoms with Crippen molar-refractivity contribution in [3.05, 3.63) is 63.6 Å². The van der Waals surface area contributed by atoms with Crippen molar-refractivity contribution in [1.29, 1.82) is 0 Å². The van der Waals surface area contributed by atoms with E-state index < -0.39 is 0 Å². The average molecular weight is 336 g/mol. The van der Waals surface area contributed by atoms with Gasteiger partial charge >= 0.3 is 0 Å². The van der Waals surface area contributed by atoms with Crippen LogP contribution in [0, 0.1) is 5.92 Å². The maximum absolute atomic E-state index is 12.3. The number of carbonyl (C=O) groups is 1. The van der Waals surface area contributed by atoms with Gasteiger partial charge in [-0.3, -0.25) is 4.79 Å². The Balaban J connectivity index is 1.61. The summed E-state index contributed by atoms with van der Waals surface area (Å²) in [5, 5.41) is 4.05. The Morgan fingerprint density at radius 3 is 2.86 bits per heavy atom. The Hall–Kier alpha value is -1.71. The van der Waals surface area contributed by atoms with Crippen molar-refractivity contribution in [2.45, 2.75) is 13.0 Å². The number of para-hydroxylation sites is 1. The third kappa shape index (κ3) is 3.37. The standard InChI is InChI=1S/C17H15Cl2NO2/c18-14-6-5-12(15(19)8-14)9-20-17(21)13-7-11-3-1-2-4-16(11)22-10-13/h1-6,8,13H,7,9-10H2,(H,20,21)/t13-/m1/s1. The molecule has 0 unspecified atom stereocenters. The van der Waals surface area contributed by atoms with Gasteiger partial charge in [0.25, 0.3) is 0 Å². The zero-order valence-electron chi connectivity index (χ0n) is 11.8. The number of rotatable bonds is 3. The van der Waals surface area contributed by atoms with Gasteiger partial charge in [0.05, 0.1) is 5.92 Å². The van der Waals surface area contributed by atoms with E-state index in [-0.39, 0.29) is 11.8 Å². The zero-order valence-corrected chi connectivity index (χ0v) is 13.3. The molecule has 0 saturated carbocycles. The lowest BCUT2D eigenvalue weighted by Crippen LogP contribution is -2.37. The first-order valence-corrected chi connectivity index (χ1v) is 7.81. The van der Waals surface area contributed by atoms with Crippen LogP contribution in [0.5, 0.6) is 5.75 Å². The second-order valence-electron chi connectivity index (χ2n) is 5.27. The Labute approximate surface area is 139 Å². The van der Waals surface area contributed by atoms with Gasteiger partial charge in [-0.25, -0.2) is 0 Å². The summed E-state index contributed by atoms with van der Waals surface area (Å²) in [6.07, 6.45) is 0.691. The van der Waals surface area contributed by atoms with E-state index in [9.17, 15) is 4.79 Å². The quantitative estimate of drug-likeness (QED) is 0.924. The Morgan fingerprint density at radius 2 is 2.05 bits per heavy atom. The first kappa shape index (κ1) is 15.2. The molecule has 5 heteroatoms. The molecule has 0 bridgehead atoms. The third-order valence-corrected chi connectivity index (χ3v) is 4.30. The zero-order chi connectivity index (χ0) is 15.5. The monoisotopic (exact) mass is 335 g/mol. The van der Waals surface area contributed by atoms with Gasteiger partial charge in [-0.05, 0) is 35.7 Å². The fraction of sp³-hybridized carbons (Fsp3) is 0.235. The number of ether oxygens (including phenoxy) is 1. The second-order valence-corrected chi connectivity index (χ2v) is 6.12. The van der Waals surface area contributed by atoms with Crippen LogP contribution in [-0.2, 0) is 17.8 Å². The minimum Gasteiger partial charge on any atom is -0.492 e. The molecule has 1 heterocycles. The molecule has 1 aliphatic rings. The molecule has 0 radical (unpaired) electrons. The number of amides is 1. The molecular formula is C17H15Cl2NO2. The fourth-order valence-corrected chi connectivity index (χ4v) is 2.96. The Bertz CT molecular complexity index is 703. The molecule has 2 aromatic carbocycles. The molecule has 0 saturated heterocycles. The molecule has 1 N–H and O–H groups in total. The second kappa shape index (κ2) is 6.59. The van der Waals surface area contributed by atoms with Crippen molar-refractivity contribution >= 4 is 29.1 Å². The van der Waals surface area contributed by atoms with Crippen molar-refractivity contribution in [3.8, 4) is 5.75 Å². The molecule has 3 rings (SSSR count). The van der Waals surface area contributed by atoms with Crippen molar-refractivity contribution in [2.75, 3.05) is 6.61 Å². The number of benzene rings is 2. The smallest absolute Gasteiger partial charge is 0.227 e. The van der Waals surface area contributed by atoms with Gasteiger partial charge < -0.3 is 10.1 Å². The Kier molecular flexibility index (Phi) is 4.55. The van der Waals surface area contributed by atoms with Crippen molar-refractivity contribution in [2.24, 2.45) is 5.92 Å². The molecule has 22 heavy (non-hydrogen) atoms. The molecule has 0 fully saturated rings. The van der Waals surface area contributed by atoms with Gasteiger partial charge in [0.1, 0.15) is 12.4 Å². The highest BCUT2D eigenvalue weighted by atomic mass is 35.5. The predicted octanol–water partition coefficient (Wildman–Crippen LogP) is 3.86. The van der Waals surface area contributed by atoms with Gasteiger partial charge in [0.15, 0.2) is 0 Å². The molecular weight excluding hydrogens is 321 g/mol. The molecule has 0 aromatic heterocycles. The highest BCUT2D eigenvalue weighted by molar-refractivity contribution is 6.35. The van der Waals surface area contributed by atoms with Crippen molar-refractivity contribution in [3.63, 3.8) is 0 Å². The summed E-state index contributed by atoms with van der Waals surface area (Å²) >= 11 is 12.0. The number of nitrogens with one attached hydrogen (secondary N) is 1. The number of carbonyl (C=O) groups excluding carboxylic acids is 1. The van der Waals surface area contributed by atoms with E-state index in [2.05, 4.69) is 5.32 Å². The van der Waals surface area contributed by atoms with E-state index in [1.807, 2.05) is 30.3 Å². The van der Waals surface area contributed by atoms with E-state index in [0.29, 0.717) is 29.6 Å². The molecule has 1 atom stereocenters. The summed E-state index contributed by atoms with van der Waals surface area (Å²) in [5.74, 6) is 0.661. The summed E-state index contributed by atoms with van der Waals surface area (Å²) < 4.78 is 5.64. The van der Waals surface area contributed by atoms with Crippen LogP contribution in [0.3, 0.4) is 0 Å². The van der Waals surface area contributed by atoms with E-state index in [1.165, 1.54) is 0 Å². The lowest BCUT2D eigenvalue weighted by Gasteiger charge is -2.24. The maximum Gasteiger partial charge on any atom is 0.227 e. The highest BCUT2D eigenvalue weighted by Crippen LogP contribution is 2.27. The van der Waals surface area contributed by atoms with Crippen LogP contribution >= 0.6 is 23.2 Å². The first-order chi connectivity index (χ1) is 10.6. The van der Waals surface area contributed by atoms with Crippen LogP contribution in [0.15, 0.2) is 42.5 Å². The average Bonchev–Trinajstić information content (AvgIpc) is 2.53. The predicted molar refractivity (Wildman–Crippen MR) is 87.4 cm³/mol. The van der Waals surface area contributed by atoms with Gasteiger partial charge in [0, 0.05) is 16.6 Å². The summed E-state index contributed by atoms with van der Waals surface area (Å²) in [6, 6.07) is 13.1. The van der Waals surface area contributed by atoms with Gasteiger partial charge in [-0.1, -0.05) is 47.5 Å². The van der Waals surface area contributed by atoms with E-state index in [1.54, 1.807) is 12.1 Å². The fourth-order valence-electron chi connectivity index (χ4n) is 2.49. The largest absolute Gasteiger partial charge is 0.492 e.